The van der Waals surface area contributed by atoms with E-state index in [4.69, 9.17) is 9.40 Å². The number of para-hydroxylation sites is 2. The molecule has 0 unspecified atom stereocenters. The first-order valence-electron chi connectivity index (χ1n) is 11.3. The molecule has 12 heteroatoms. The number of aliphatic hydroxyl groups excluding tert-OH is 1. The number of rotatable bonds is 6. The SMILES string of the molecule is CN(CCO)c1cc(C=C2SC(=O)NC2=O)nc(N2CCCN(c3nc4ccccc4o3)CC2)n1. The van der Waals surface area contributed by atoms with Crippen molar-refractivity contribution in [2.75, 3.05) is 61.1 Å². The number of oxazole rings is 1. The fraction of sp³-hybridized carbons (Fsp3) is 0.348. The van der Waals surface area contributed by atoms with Crippen LogP contribution in [0.2, 0.25) is 0 Å². The zero-order chi connectivity index (χ0) is 24.4. The first-order valence-corrected chi connectivity index (χ1v) is 12.1. The Hall–Kier alpha value is -3.64. The first-order chi connectivity index (χ1) is 17.0. The monoisotopic (exact) mass is 495 g/mol. The molecule has 2 N–H and O–H groups in total. The summed E-state index contributed by atoms with van der Waals surface area (Å²) >= 11 is 0.847. The summed E-state index contributed by atoms with van der Waals surface area (Å²) in [7, 11) is 1.83. The van der Waals surface area contributed by atoms with E-state index < -0.39 is 11.1 Å². The van der Waals surface area contributed by atoms with Gasteiger partial charge in [-0.1, -0.05) is 12.1 Å². The van der Waals surface area contributed by atoms with Gasteiger partial charge in [-0.2, -0.15) is 9.97 Å². The number of aromatic nitrogens is 3. The predicted octanol–water partition coefficient (Wildman–Crippen LogP) is 2.09. The zero-order valence-corrected chi connectivity index (χ0v) is 20.0. The van der Waals surface area contributed by atoms with Crippen LogP contribution in [0.15, 0.2) is 39.7 Å². The van der Waals surface area contributed by atoms with Gasteiger partial charge in [0.2, 0.25) is 5.95 Å². The molecule has 0 bridgehead atoms. The van der Waals surface area contributed by atoms with Crippen LogP contribution in [0.25, 0.3) is 17.2 Å². The summed E-state index contributed by atoms with van der Waals surface area (Å²) in [5.74, 6) is 0.702. The summed E-state index contributed by atoms with van der Waals surface area (Å²) in [6.45, 7) is 3.20. The second kappa shape index (κ2) is 9.92. The van der Waals surface area contributed by atoms with Crippen molar-refractivity contribution in [3.05, 3.63) is 40.9 Å². The molecule has 0 saturated carbocycles. The van der Waals surface area contributed by atoms with Crippen molar-refractivity contribution in [3.63, 3.8) is 0 Å². The van der Waals surface area contributed by atoms with Gasteiger partial charge in [0.15, 0.2) is 5.58 Å². The third-order valence-electron chi connectivity index (χ3n) is 5.80. The number of imide groups is 1. The van der Waals surface area contributed by atoms with Gasteiger partial charge < -0.3 is 24.2 Å². The number of fused-ring (bicyclic) bond motifs is 1. The number of benzene rings is 1. The Morgan fingerprint density at radius 3 is 2.71 bits per heavy atom. The van der Waals surface area contributed by atoms with Crippen LogP contribution in [0.5, 0.6) is 0 Å². The molecule has 1 aromatic carbocycles. The lowest BCUT2D eigenvalue weighted by molar-refractivity contribution is -0.115. The molecule has 3 aromatic rings. The van der Waals surface area contributed by atoms with Gasteiger partial charge in [0.05, 0.1) is 17.2 Å². The molecule has 11 nitrogen and oxygen atoms in total. The number of nitrogens with one attached hydrogen (secondary N) is 1. The van der Waals surface area contributed by atoms with Crippen molar-refractivity contribution >= 4 is 57.9 Å². The van der Waals surface area contributed by atoms with Gasteiger partial charge >= 0.3 is 0 Å². The molecule has 4 heterocycles. The third-order valence-corrected chi connectivity index (χ3v) is 6.61. The second-order valence-corrected chi connectivity index (χ2v) is 9.25. The molecule has 0 aliphatic carbocycles. The summed E-state index contributed by atoms with van der Waals surface area (Å²) < 4.78 is 5.95. The van der Waals surface area contributed by atoms with Gasteiger partial charge in [-0.15, -0.1) is 0 Å². The molecule has 2 amide bonds. The van der Waals surface area contributed by atoms with Crippen LogP contribution in [0, 0.1) is 0 Å². The Bertz CT molecular complexity index is 1260. The van der Waals surface area contributed by atoms with E-state index >= 15 is 0 Å². The molecule has 0 spiro atoms. The topological polar surface area (TPSA) is 128 Å². The molecular formula is C23H25N7O4S. The average Bonchev–Trinajstić information content (AvgIpc) is 3.31. The maximum absolute atomic E-state index is 12.0. The standard InChI is InChI=1S/C23H25N7O4S/c1-28(11-12-31)19-14-15(13-18-20(32)27-23(33)35-18)24-21(26-19)29-7-4-8-30(10-9-29)22-25-16-5-2-3-6-17(16)34-22/h2-3,5-6,13-14,31H,4,7-12H2,1H3,(H,27,32,33). The molecule has 2 aliphatic heterocycles. The Balaban J connectivity index is 1.40. The van der Waals surface area contributed by atoms with Gasteiger partial charge in [-0.25, -0.2) is 4.98 Å². The maximum Gasteiger partial charge on any atom is 0.298 e. The smallest absolute Gasteiger partial charge is 0.298 e. The number of thioether (sulfide) groups is 1. The van der Waals surface area contributed by atoms with Gasteiger partial charge in [0.1, 0.15) is 11.3 Å². The van der Waals surface area contributed by atoms with E-state index in [1.54, 1.807) is 12.1 Å². The summed E-state index contributed by atoms with van der Waals surface area (Å²) in [6.07, 6.45) is 2.44. The van der Waals surface area contributed by atoms with E-state index in [0.717, 1.165) is 42.4 Å². The quantitative estimate of drug-likeness (QED) is 0.488. The van der Waals surface area contributed by atoms with E-state index in [2.05, 4.69) is 25.1 Å². The molecule has 2 aromatic heterocycles. The number of hydrogen-bond donors (Lipinski definition) is 2. The van der Waals surface area contributed by atoms with E-state index in [-0.39, 0.29) is 11.5 Å². The van der Waals surface area contributed by atoms with Crippen LogP contribution in [-0.2, 0) is 4.79 Å². The molecule has 2 aliphatic rings. The van der Waals surface area contributed by atoms with Crippen molar-refractivity contribution in [2.24, 2.45) is 0 Å². The molecule has 0 atom stereocenters. The molecule has 35 heavy (non-hydrogen) atoms. The van der Waals surface area contributed by atoms with E-state index in [9.17, 15) is 14.7 Å². The minimum Gasteiger partial charge on any atom is -0.423 e. The van der Waals surface area contributed by atoms with Crippen LogP contribution in [-0.4, -0.2) is 77.6 Å². The Kier molecular flexibility index (Phi) is 6.55. The van der Waals surface area contributed by atoms with Gasteiger partial charge in [0.25, 0.3) is 17.2 Å². The number of anilines is 3. The van der Waals surface area contributed by atoms with Crippen molar-refractivity contribution < 1.29 is 19.1 Å². The fourth-order valence-corrected chi connectivity index (χ4v) is 4.64. The molecular weight excluding hydrogens is 470 g/mol. The molecule has 0 radical (unpaired) electrons. The number of likely N-dealkylation sites (N-methyl/N-ethyl adjacent to an activating group) is 1. The lowest BCUT2D eigenvalue weighted by Crippen LogP contribution is -2.32. The van der Waals surface area contributed by atoms with Crippen LogP contribution in [0.4, 0.5) is 22.6 Å². The maximum atomic E-state index is 12.0. The Labute approximate surface area is 205 Å². The van der Waals surface area contributed by atoms with Gasteiger partial charge in [-0.3, -0.25) is 14.9 Å². The number of amides is 2. The van der Waals surface area contributed by atoms with E-state index in [0.29, 0.717) is 43.1 Å². The number of carbonyl (C=O) groups is 2. The van der Waals surface area contributed by atoms with Crippen molar-refractivity contribution in [3.8, 4) is 0 Å². The highest BCUT2D eigenvalue weighted by Crippen LogP contribution is 2.28. The highest BCUT2D eigenvalue weighted by atomic mass is 32.2. The summed E-state index contributed by atoms with van der Waals surface area (Å²) in [5.41, 5.74) is 2.11. The van der Waals surface area contributed by atoms with Crippen LogP contribution >= 0.6 is 11.8 Å². The number of nitrogens with zero attached hydrogens (tertiary/aromatic N) is 6. The molecule has 2 fully saturated rings. The van der Waals surface area contributed by atoms with Crippen molar-refractivity contribution in [1.29, 1.82) is 0 Å². The van der Waals surface area contributed by atoms with Crippen molar-refractivity contribution in [2.45, 2.75) is 6.42 Å². The largest absolute Gasteiger partial charge is 0.423 e. The summed E-state index contributed by atoms with van der Waals surface area (Å²) in [5, 5.41) is 11.2. The molecule has 5 rings (SSSR count). The normalized spacial score (nSPS) is 17.8. The average molecular weight is 496 g/mol. The predicted molar refractivity (Wildman–Crippen MR) is 135 cm³/mol. The minimum atomic E-state index is -0.436. The minimum absolute atomic E-state index is 0.0256. The van der Waals surface area contributed by atoms with Crippen LogP contribution in [0.3, 0.4) is 0 Å². The van der Waals surface area contributed by atoms with E-state index in [1.165, 1.54) is 0 Å². The fourth-order valence-electron chi connectivity index (χ4n) is 3.97. The van der Waals surface area contributed by atoms with E-state index in [1.807, 2.05) is 36.2 Å². The Morgan fingerprint density at radius 1 is 1.14 bits per heavy atom. The number of aliphatic hydroxyl groups is 1. The lowest BCUT2D eigenvalue weighted by atomic mass is 10.3. The van der Waals surface area contributed by atoms with Gasteiger partial charge in [0, 0.05) is 45.8 Å². The number of carbonyl (C=O) groups excluding carboxylic acids is 2. The number of hydrogen-bond acceptors (Lipinski definition) is 11. The molecule has 182 valence electrons. The first kappa shape index (κ1) is 23.1. The zero-order valence-electron chi connectivity index (χ0n) is 19.2. The highest BCUT2D eigenvalue weighted by Gasteiger charge is 2.26. The van der Waals surface area contributed by atoms with Crippen LogP contribution < -0.4 is 20.0 Å². The van der Waals surface area contributed by atoms with Gasteiger partial charge in [-0.05, 0) is 36.4 Å². The highest BCUT2D eigenvalue weighted by molar-refractivity contribution is 8.18. The van der Waals surface area contributed by atoms with Crippen LogP contribution in [0.1, 0.15) is 12.1 Å². The second-order valence-electron chi connectivity index (χ2n) is 8.24. The Morgan fingerprint density at radius 2 is 1.94 bits per heavy atom. The summed E-state index contributed by atoms with van der Waals surface area (Å²) in [6, 6.07) is 10.0. The van der Waals surface area contributed by atoms with Crippen molar-refractivity contribution in [1.82, 2.24) is 20.3 Å². The third kappa shape index (κ3) is 5.08. The summed E-state index contributed by atoms with van der Waals surface area (Å²) in [4.78, 5) is 44.0. The molecule has 2 saturated heterocycles. The lowest BCUT2D eigenvalue weighted by Gasteiger charge is -2.24.